The highest BCUT2D eigenvalue weighted by atomic mass is 35.5. The minimum Gasteiger partial charge on any atom is -0.349 e. The van der Waals surface area contributed by atoms with E-state index in [0.29, 0.717) is 5.92 Å². The topological polar surface area (TPSA) is 62.6 Å². The Morgan fingerprint density at radius 2 is 2.20 bits per heavy atom. The van der Waals surface area contributed by atoms with Crippen LogP contribution in [0.25, 0.3) is 11.0 Å². The molecule has 1 fully saturated rings. The van der Waals surface area contributed by atoms with Gasteiger partial charge < -0.3 is 9.88 Å². The van der Waals surface area contributed by atoms with Gasteiger partial charge in [0.15, 0.2) is 0 Å². The largest absolute Gasteiger partial charge is 0.349 e. The summed E-state index contributed by atoms with van der Waals surface area (Å²) in [6.07, 6.45) is 5.71. The van der Waals surface area contributed by atoms with E-state index in [-0.39, 0.29) is 6.04 Å². The number of nitrogens with one attached hydrogen (secondary N) is 1. The molecule has 0 radical (unpaired) electrons. The van der Waals surface area contributed by atoms with Crippen molar-refractivity contribution in [2.24, 2.45) is 5.92 Å². The Hall–Kier alpha value is -2.08. The van der Waals surface area contributed by atoms with Gasteiger partial charge in [-0.05, 0) is 31.7 Å². The molecule has 1 aliphatic heterocycles. The summed E-state index contributed by atoms with van der Waals surface area (Å²) in [4.78, 5) is 14.4. The van der Waals surface area contributed by atoms with Gasteiger partial charge >= 0.3 is 0 Å². The van der Waals surface area contributed by atoms with E-state index in [2.05, 4.69) is 40.6 Å². The fourth-order valence-corrected chi connectivity index (χ4v) is 4.19. The van der Waals surface area contributed by atoms with Crippen LogP contribution in [0.3, 0.4) is 0 Å². The van der Waals surface area contributed by atoms with Gasteiger partial charge in [0.25, 0.3) is 0 Å². The molecule has 1 saturated heterocycles. The zero-order valence-electron chi connectivity index (χ0n) is 14.8. The van der Waals surface area contributed by atoms with Crippen LogP contribution in [0.2, 0.25) is 5.15 Å². The summed E-state index contributed by atoms with van der Waals surface area (Å²) in [6, 6.07) is 2.25. The lowest BCUT2D eigenvalue weighted by atomic mass is 10.1. The summed E-state index contributed by atoms with van der Waals surface area (Å²) >= 11 is 6.74. The third kappa shape index (κ3) is 2.78. The molecular formula is C18H23ClN6. The van der Waals surface area contributed by atoms with Crippen molar-refractivity contribution in [1.29, 1.82) is 0 Å². The number of anilines is 1. The standard InChI is InChI=1S/C18H23ClN6/c1-11(2)9-25-16(19)15(12(3)23-25)14-5-4-8-24(14)18-13-6-7-20-17(13)21-10-22-18/h6-7,10-11,14H,4-5,8-9H2,1-3H3,(H,20,21,22). The van der Waals surface area contributed by atoms with E-state index in [1.54, 1.807) is 6.33 Å². The maximum Gasteiger partial charge on any atom is 0.142 e. The highest BCUT2D eigenvalue weighted by Crippen LogP contribution is 2.41. The summed E-state index contributed by atoms with van der Waals surface area (Å²) in [5.41, 5.74) is 3.03. The second-order valence-electron chi connectivity index (χ2n) is 7.15. The normalized spacial score (nSPS) is 18.0. The number of halogens is 1. The molecular weight excluding hydrogens is 336 g/mol. The smallest absolute Gasteiger partial charge is 0.142 e. The molecule has 132 valence electrons. The molecule has 0 aromatic carbocycles. The zero-order chi connectivity index (χ0) is 17.6. The first-order valence-electron chi connectivity index (χ1n) is 8.83. The van der Waals surface area contributed by atoms with E-state index < -0.39 is 0 Å². The Balaban J connectivity index is 1.76. The van der Waals surface area contributed by atoms with Crippen molar-refractivity contribution >= 4 is 28.5 Å². The second-order valence-corrected chi connectivity index (χ2v) is 7.51. The second kappa shape index (κ2) is 6.33. The van der Waals surface area contributed by atoms with Crippen molar-refractivity contribution in [2.75, 3.05) is 11.4 Å². The number of aromatic nitrogens is 5. The Morgan fingerprint density at radius 3 is 3.00 bits per heavy atom. The van der Waals surface area contributed by atoms with E-state index in [0.717, 1.165) is 59.2 Å². The molecule has 1 N–H and O–H groups in total. The number of hydrogen-bond donors (Lipinski definition) is 1. The Bertz CT molecular complexity index is 896. The molecule has 0 spiro atoms. The molecule has 1 unspecified atom stereocenters. The van der Waals surface area contributed by atoms with E-state index in [1.807, 2.05) is 16.9 Å². The van der Waals surface area contributed by atoms with Crippen LogP contribution < -0.4 is 4.90 Å². The van der Waals surface area contributed by atoms with Gasteiger partial charge in [0.05, 0.1) is 17.1 Å². The van der Waals surface area contributed by atoms with Crippen LogP contribution in [0.1, 0.15) is 44.0 Å². The quantitative estimate of drug-likeness (QED) is 0.762. The van der Waals surface area contributed by atoms with E-state index in [1.165, 1.54) is 0 Å². The number of fused-ring (bicyclic) bond motifs is 1. The number of aromatic amines is 1. The van der Waals surface area contributed by atoms with Crippen molar-refractivity contribution in [3.05, 3.63) is 35.0 Å². The van der Waals surface area contributed by atoms with Gasteiger partial charge in [-0.3, -0.25) is 4.68 Å². The minimum atomic E-state index is 0.210. The molecule has 4 rings (SSSR count). The van der Waals surface area contributed by atoms with Crippen LogP contribution in [0, 0.1) is 12.8 Å². The monoisotopic (exact) mass is 358 g/mol. The Kier molecular flexibility index (Phi) is 4.15. The van der Waals surface area contributed by atoms with Gasteiger partial charge in [-0.25, -0.2) is 9.97 Å². The number of nitrogens with zero attached hydrogens (tertiary/aromatic N) is 5. The number of aryl methyl sites for hydroxylation is 1. The van der Waals surface area contributed by atoms with Crippen molar-refractivity contribution < 1.29 is 0 Å². The van der Waals surface area contributed by atoms with Crippen LogP contribution in [0.4, 0.5) is 5.82 Å². The van der Waals surface area contributed by atoms with Gasteiger partial charge in [-0.15, -0.1) is 0 Å². The fourth-order valence-electron chi connectivity index (χ4n) is 3.82. The lowest BCUT2D eigenvalue weighted by molar-refractivity contribution is 0.481. The maximum absolute atomic E-state index is 6.74. The molecule has 4 heterocycles. The number of rotatable bonds is 4. The summed E-state index contributed by atoms with van der Waals surface area (Å²) in [5.74, 6) is 1.48. The van der Waals surface area contributed by atoms with Crippen LogP contribution in [-0.2, 0) is 6.54 Å². The Labute approximate surface area is 152 Å². The average molecular weight is 359 g/mol. The van der Waals surface area contributed by atoms with Gasteiger partial charge in [0.2, 0.25) is 0 Å². The molecule has 1 aliphatic rings. The molecule has 3 aromatic rings. The summed E-state index contributed by atoms with van der Waals surface area (Å²) in [6.45, 7) is 8.21. The average Bonchev–Trinajstić information content (AvgIpc) is 3.26. The fraction of sp³-hybridized carbons (Fsp3) is 0.500. The summed E-state index contributed by atoms with van der Waals surface area (Å²) in [7, 11) is 0. The van der Waals surface area contributed by atoms with Crippen molar-refractivity contribution in [2.45, 2.75) is 46.2 Å². The SMILES string of the molecule is Cc1nn(CC(C)C)c(Cl)c1C1CCCN1c1ncnc2[nH]ccc12. The van der Waals surface area contributed by atoms with Gasteiger partial charge in [-0.1, -0.05) is 25.4 Å². The van der Waals surface area contributed by atoms with Crippen LogP contribution in [0.5, 0.6) is 0 Å². The first-order chi connectivity index (χ1) is 12.1. The van der Waals surface area contributed by atoms with Gasteiger partial charge in [0, 0.05) is 24.8 Å². The minimum absolute atomic E-state index is 0.210. The molecule has 6 nitrogen and oxygen atoms in total. The first-order valence-corrected chi connectivity index (χ1v) is 9.21. The molecule has 0 saturated carbocycles. The lowest BCUT2D eigenvalue weighted by Crippen LogP contribution is -2.24. The van der Waals surface area contributed by atoms with Crippen LogP contribution in [0.15, 0.2) is 18.6 Å². The lowest BCUT2D eigenvalue weighted by Gasteiger charge is -2.26. The highest BCUT2D eigenvalue weighted by Gasteiger charge is 2.33. The predicted molar refractivity (Wildman–Crippen MR) is 100 cm³/mol. The van der Waals surface area contributed by atoms with Crippen molar-refractivity contribution in [3.63, 3.8) is 0 Å². The van der Waals surface area contributed by atoms with Crippen LogP contribution in [-0.4, -0.2) is 31.3 Å². The van der Waals surface area contributed by atoms with Crippen LogP contribution >= 0.6 is 11.6 Å². The van der Waals surface area contributed by atoms with E-state index in [4.69, 9.17) is 16.7 Å². The third-order valence-corrected chi connectivity index (χ3v) is 5.24. The highest BCUT2D eigenvalue weighted by molar-refractivity contribution is 6.30. The van der Waals surface area contributed by atoms with Crippen molar-refractivity contribution in [1.82, 2.24) is 24.7 Å². The molecule has 0 bridgehead atoms. The predicted octanol–water partition coefficient (Wildman–Crippen LogP) is 4.11. The number of H-pyrrole nitrogens is 1. The molecule has 0 amide bonds. The number of hydrogen-bond acceptors (Lipinski definition) is 4. The van der Waals surface area contributed by atoms with E-state index >= 15 is 0 Å². The zero-order valence-corrected chi connectivity index (χ0v) is 15.6. The first kappa shape index (κ1) is 16.4. The molecule has 7 heteroatoms. The third-order valence-electron chi connectivity index (χ3n) is 4.84. The van der Waals surface area contributed by atoms with E-state index in [9.17, 15) is 0 Å². The molecule has 3 aromatic heterocycles. The molecule has 25 heavy (non-hydrogen) atoms. The van der Waals surface area contributed by atoms with Gasteiger partial charge in [0.1, 0.15) is 22.9 Å². The maximum atomic E-state index is 6.74. The Morgan fingerprint density at radius 1 is 1.36 bits per heavy atom. The summed E-state index contributed by atoms with van der Waals surface area (Å²) in [5, 5.41) is 6.51. The summed E-state index contributed by atoms with van der Waals surface area (Å²) < 4.78 is 1.94. The van der Waals surface area contributed by atoms with Gasteiger partial charge in [-0.2, -0.15) is 5.10 Å². The molecule has 0 aliphatic carbocycles. The van der Waals surface area contributed by atoms with Crippen molar-refractivity contribution in [3.8, 4) is 0 Å². The molecule has 1 atom stereocenters.